The Balaban J connectivity index is 2.15. The van der Waals surface area contributed by atoms with E-state index in [2.05, 4.69) is 15.2 Å². The first kappa shape index (κ1) is 12.1. The fraction of sp³-hybridized carbons (Fsp3) is 0.364. The summed E-state index contributed by atoms with van der Waals surface area (Å²) in [5, 5.41) is 17.9. The average molecular weight is 250 g/mol. The number of aliphatic hydroxyl groups is 1. The third-order valence-corrected chi connectivity index (χ3v) is 3.41. The van der Waals surface area contributed by atoms with Gasteiger partial charge in [-0.2, -0.15) is 0 Å². The van der Waals surface area contributed by atoms with Crippen molar-refractivity contribution in [3.8, 4) is 11.4 Å². The zero-order valence-electron chi connectivity index (χ0n) is 9.58. The van der Waals surface area contributed by atoms with Gasteiger partial charge < -0.3 is 9.67 Å². The van der Waals surface area contributed by atoms with E-state index in [1.807, 2.05) is 23.7 Å². The zero-order chi connectivity index (χ0) is 12.1. The number of aliphatic hydroxyl groups excluding tert-OH is 1. The number of aromatic nitrogens is 4. The van der Waals surface area contributed by atoms with E-state index in [0.717, 1.165) is 28.7 Å². The van der Waals surface area contributed by atoms with Crippen molar-refractivity contribution in [2.45, 2.75) is 11.6 Å². The molecule has 0 aliphatic carbocycles. The Labute approximate surface area is 104 Å². The number of rotatable bonds is 5. The van der Waals surface area contributed by atoms with Gasteiger partial charge in [-0.25, -0.2) is 0 Å². The van der Waals surface area contributed by atoms with Crippen LogP contribution in [0, 0.1) is 0 Å². The number of hydrogen-bond acceptors (Lipinski definition) is 5. The molecule has 0 unspecified atom stereocenters. The largest absolute Gasteiger partial charge is 0.396 e. The van der Waals surface area contributed by atoms with E-state index in [1.54, 1.807) is 24.2 Å². The summed E-state index contributed by atoms with van der Waals surface area (Å²) in [4.78, 5) is 3.98. The van der Waals surface area contributed by atoms with Gasteiger partial charge in [-0.1, -0.05) is 11.8 Å². The van der Waals surface area contributed by atoms with Crippen LogP contribution < -0.4 is 0 Å². The first-order valence-electron chi connectivity index (χ1n) is 5.36. The zero-order valence-corrected chi connectivity index (χ0v) is 10.4. The molecule has 2 aromatic rings. The van der Waals surface area contributed by atoms with E-state index in [1.165, 1.54) is 0 Å². The number of hydrogen-bond donors (Lipinski definition) is 1. The maximum atomic E-state index is 8.73. The van der Waals surface area contributed by atoms with Gasteiger partial charge in [-0.3, -0.25) is 4.98 Å². The van der Waals surface area contributed by atoms with Crippen molar-refractivity contribution in [2.24, 2.45) is 7.05 Å². The van der Waals surface area contributed by atoms with Gasteiger partial charge in [0.25, 0.3) is 0 Å². The lowest BCUT2D eigenvalue weighted by Gasteiger charge is -2.02. The molecule has 17 heavy (non-hydrogen) atoms. The molecule has 0 fully saturated rings. The fourth-order valence-corrected chi connectivity index (χ4v) is 2.26. The van der Waals surface area contributed by atoms with Crippen molar-refractivity contribution >= 4 is 11.8 Å². The summed E-state index contributed by atoms with van der Waals surface area (Å²) in [5.74, 6) is 1.68. The standard InChI is InChI=1S/C11H14N4OS/c1-15-10(9-3-5-12-6-4-9)13-14-11(15)17-8-2-7-16/h3-6,16H,2,7-8H2,1H3. The normalized spacial score (nSPS) is 10.7. The molecule has 2 heterocycles. The van der Waals surface area contributed by atoms with Crippen LogP contribution in [0.25, 0.3) is 11.4 Å². The topological polar surface area (TPSA) is 63.8 Å². The predicted octanol–water partition coefficient (Wildman–Crippen LogP) is 1.35. The fourth-order valence-electron chi connectivity index (χ4n) is 1.42. The molecule has 0 bridgehead atoms. The highest BCUT2D eigenvalue weighted by Gasteiger charge is 2.10. The molecule has 0 atom stereocenters. The molecule has 2 rings (SSSR count). The van der Waals surface area contributed by atoms with Gasteiger partial charge in [0.2, 0.25) is 0 Å². The minimum Gasteiger partial charge on any atom is -0.396 e. The monoisotopic (exact) mass is 250 g/mol. The molecule has 0 amide bonds. The maximum Gasteiger partial charge on any atom is 0.191 e. The molecule has 2 aromatic heterocycles. The molecule has 0 spiro atoms. The lowest BCUT2D eigenvalue weighted by atomic mass is 10.2. The summed E-state index contributed by atoms with van der Waals surface area (Å²) >= 11 is 1.60. The molecule has 0 aliphatic rings. The molecule has 0 aromatic carbocycles. The summed E-state index contributed by atoms with van der Waals surface area (Å²) in [7, 11) is 1.94. The number of thioether (sulfide) groups is 1. The molecule has 90 valence electrons. The minimum atomic E-state index is 0.210. The van der Waals surface area contributed by atoms with Crippen molar-refractivity contribution < 1.29 is 5.11 Å². The second-order valence-corrected chi connectivity index (χ2v) is 4.59. The second-order valence-electron chi connectivity index (χ2n) is 3.53. The summed E-state index contributed by atoms with van der Waals surface area (Å²) in [6.45, 7) is 0.210. The van der Waals surface area contributed by atoms with Crippen LogP contribution in [0.15, 0.2) is 29.7 Å². The van der Waals surface area contributed by atoms with Crippen LogP contribution in [-0.2, 0) is 7.05 Å². The highest BCUT2D eigenvalue weighted by atomic mass is 32.2. The van der Waals surface area contributed by atoms with Gasteiger partial charge in [0.15, 0.2) is 11.0 Å². The summed E-state index contributed by atoms with van der Waals surface area (Å²) in [6, 6.07) is 3.82. The van der Waals surface area contributed by atoms with E-state index < -0.39 is 0 Å². The quantitative estimate of drug-likeness (QED) is 0.641. The lowest BCUT2D eigenvalue weighted by Crippen LogP contribution is -1.96. The molecular formula is C11H14N4OS. The van der Waals surface area contributed by atoms with Crippen LogP contribution in [0.2, 0.25) is 0 Å². The first-order chi connectivity index (χ1) is 8.33. The van der Waals surface area contributed by atoms with Crippen LogP contribution in [0.4, 0.5) is 0 Å². The Bertz CT molecular complexity index is 472. The van der Waals surface area contributed by atoms with Crippen LogP contribution in [-0.4, -0.2) is 37.2 Å². The van der Waals surface area contributed by atoms with E-state index in [4.69, 9.17) is 5.11 Å². The summed E-state index contributed by atoms with van der Waals surface area (Å²) in [6.07, 6.45) is 4.24. The third-order valence-electron chi connectivity index (χ3n) is 2.31. The molecule has 5 nitrogen and oxygen atoms in total. The van der Waals surface area contributed by atoms with Crippen molar-refractivity contribution in [3.05, 3.63) is 24.5 Å². The molecule has 0 saturated heterocycles. The van der Waals surface area contributed by atoms with Crippen molar-refractivity contribution in [2.75, 3.05) is 12.4 Å². The van der Waals surface area contributed by atoms with Gasteiger partial charge in [0.1, 0.15) is 0 Å². The molecule has 0 radical (unpaired) electrons. The third kappa shape index (κ3) is 2.83. The second kappa shape index (κ2) is 5.79. The van der Waals surface area contributed by atoms with Gasteiger partial charge in [-0.05, 0) is 18.6 Å². The van der Waals surface area contributed by atoms with E-state index >= 15 is 0 Å². The smallest absolute Gasteiger partial charge is 0.191 e. The van der Waals surface area contributed by atoms with Gasteiger partial charge >= 0.3 is 0 Å². The Kier molecular flexibility index (Phi) is 4.11. The summed E-state index contributed by atoms with van der Waals surface area (Å²) in [5.41, 5.74) is 1.00. The highest BCUT2D eigenvalue weighted by molar-refractivity contribution is 7.99. The minimum absolute atomic E-state index is 0.210. The average Bonchev–Trinajstić information content (AvgIpc) is 2.73. The number of nitrogens with zero attached hydrogens (tertiary/aromatic N) is 4. The number of pyridine rings is 1. The van der Waals surface area contributed by atoms with Crippen molar-refractivity contribution in [1.82, 2.24) is 19.7 Å². The molecule has 6 heteroatoms. The first-order valence-corrected chi connectivity index (χ1v) is 6.35. The Morgan fingerprint density at radius 1 is 1.29 bits per heavy atom. The Morgan fingerprint density at radius 3 is 2.76 bits per heavy atom. The van der Waals surface area contributed by atoms with Crippen LogP contribution in [0.5, 0.6) is 0 Å². The van der Waals surface area contributed by atoms with Gasteiger partial charge in [0, 0.05) is 37.4 Å². The van der Waals surface area contributed by atoms with Gasteiger partial charge in [-0.15, -0.1) is 10.2 Å². The lowest BCUT2D eigenvalue weighted by molar-refractivity contribution is 0.296. The van der Waals surface area contributed by atoms with E-state index in [9.17, 15) is 0 Å². The molecule has 1 N–H and O–H groups in total. The van der Waals surface area contributed by atoms with Crippen molar-refractivity contribution in [3.63, 3.8) is 0 Å². The molecular weight excluding hydrogens is 236 g/mol. The molecule has 0 saturated carbocycles. The molecule has 0 aliphatic heterocycles. The predicted molar refractivity (Wildman–Crippen MR) is 66.7 cm³/mol. The van der Waals surface area contributed by atoms with E-state index in [-0.39, 0.29) is 6.61 Å². The van der Waals surface area contributed by atoms with E-state index in [0.29, 0.717) is 0 Å². The highest BCUT2D eigenvalue weighted by Crippen LogP contribution is 2.22. The van der Waals surface area contributed by atoms with Crippen LogP contribution in [0.3, 0.4) is 0 Å². The Hall–Kier alpha value is -1.40. The SMILES string of the molecule is Cn1c(SCCCO)nnc1-c1ccncc1. The van der Waals surface area contributed by atoms with Gasteiger partial charge in [0.05, 0.1) is 0 Å². The van der Waals surface area contributed by atoms with Crippen molar-refractivity contribution in [1.29, 1.82) is 0 Å². The maximum absolute atomic E-state index is 8.73. The summed E-state index contributed by atoms with van der Waals surface area (Å²) < 4.78 is 1.96. The van der Waals surface area contributed by atoms with Crippen LogP contribution in [0.1, 0.15) is 6.42 Å². The Morgan fingerprint density at radius 2 is 2.06 bits per heavy atom. The van der Waals surface area contributed by atoms with Crippen LogP contribution >= 0.6 is 11.8 Å².